The van der Waals surface area contributed by atoms with Gasteiger partial charge in [-0.15, -0.1) is 0 Å². The van der Waals surface area contributed by atoms with Crippen LogP contribution < -0.4 is 5.32 Å². The molecule has 7 heteroatoms. The summed E-state index contributed by atoms with van der Waals surface area (Å²) >= 11 is 0. The molecule has 0 aromatic heterocycles. The maximum Gasteiger partial charge on any atom is 0.224 e. The van der Waals surface area contributed by atoms with Gasteiger partial charge in [0.2, 0.25) is 15.9 Å². The highest BCUT2D eigenvalue weighted by atomic mass is 32.2. The Morgan fingerprint density at radius 3 is 2.48 bits per heavy atom. The van der Waals surface area contributed by atoms with Crippen molar-refractivity contribution in [2.45, 2.75) is 63.8 Å². The number of sulfonamides is 1. The maximum absolute atomic E-state index is 12.7. The normalized spacial score (nSPS) is 25.0. The first-order valence-electron chi connectivity index (χ1n) is 9.74. The van der Waals surface area contributed by atoms with Gasteiger partial charge in [-0.3, -0.25) is 4.79 Å². The van der Waals surface area contributed by atoms with Crippen molar-refractivity contribution in [3.63, 3.8) is 0 Å². The predicted octanol–water partition coefficient (Wildman–Crippen LogP) is 1.82. The zero-order chi connectivity index (χ0) is 18.5. The number of carbonyl (C=O) groups is 1. The van der Waals surface area contributed by atoms with E-state index >= 15 is 0 Å². The number of rotatable bonds is 7. The number of hydrogen-bond donors (Lipinski definition) is 1. The van der Waals surface area contributed by atoms with Gasteiger partial charge in [0.25, 0.3) is 0 Å². The minimum Gasteiger partial charge on any atom is -0.354 e. The second-order valence-corrected chi connectivity index (χ2v) is 10.00. The van der Waals surface area contributed by atoms with E-state index < -0.39 is 10.0 Å². The summed E-state index contributed by atoms with van der Waals surface area (Å²) in [5.41, 5.74) is 0.0521. The molecule has 146 valence electrons. The lowest BCUT2D eigenvalue weighted by Gasteiger charge is -2.43. The lowest BCUT2D eigenvalue weighted by molar-refractivity contribution is -0.126. The van der Waals surface area contributed by atoms with Crippen molar-refractivity contribution in [1.29, 1.82) is 0 Å². The van der Waals surface area contributed by atoms with Gasteiger partial charge in [-0.1, -0.05) is 26.2 Å². The fraction of sp³-hybridized carbons (Fsp3) is 0.944. The number of carbonyl (C=O) groups excluding carboxylic acids is 1. The molecule has 1 aliphatic carbocycles. The molecule has 1 saturated heterocycles. The number of likely N-dealkylation sites (N-methyl/N-ethyl adjacent to an activating group) is 1. The third-order valence-electron chi connectivity index (χ3n) is 5.94. The highest BCUT2D eigenvalue weighted by Gasteiger charge is 2.36. The number of amides is 1. The minimum atomic E-state index is -3.22. The largest absolute Gasteiger partial charge is 0.354 e. The molecule has 0 spiro atoms. The summed E-state index contributed by atoms with van der Waals surface area (Å²) in [7, 11) is 0.973. The molecule has 0 aromatic rings. The third kappa shape index (κ3) is 5.17. The van der Waals surface area contributed by atoms with Gasteiger partial charge in [-0.05, 0) is 46.2 Å². The Bertz CT molecular complexity index is 542. The summed E-state index contributed by atoms with van der Waals surface area (Å²) in [6, 6.07) is 0. The van der Waals surface area contributed by atoms with E-state index in [1.807, 2.05) is 6.92 Å². The molecule has 2 aliphatic rings. The molecule has 25 heavy (non-hydrogen) atoms. The van der Waals surface area contributed by atoms with E-state index in [4.69, 9.17) is 0 Å². The molecule has 0 aromatic carbocycles. The summed E-state index contributed by atoms with van der Waals surface area (Å²) in [4.78, 5) is 14.9. The summed E-state index contributed by atoms with van der Waals surface area (Å²) in [6.07, 6.45) is 8.07. The first kappa shape index (κ1) is 20.6. The van der Waals surface area contributed by atoms with Crippen LogP contribution in [0.15, 0.2) is 0 Å². The van der Waals surface area contributed by atoms with Crippen LogP contribution in [-0.4, -0.2) is 68.6 Å². The average molecular weight is 374 g/mol. The number of nitrogens with one attached hydrogen (secondary N) is 1. The third-order valence-corrected chi connectivity index (χ3v) is 7.98. The molecule has 2 fully saturated rings. The van der Waals surface area contributed by atoms with Gasteiger partial charge >= 0.3 is 0 Å². The lowest BCUT2D eigenvalue weighted by atomic mass is 9.80. The van der Waals surface area contributed by atoms with Crippen LogP contribution >= 0.6 is 0 Å². The fourth-order valence-corrected chi connectivity index (χ4v) is 5.77. The molecule has 0 unspecified atom stereocenters. The Balaban J connectivity index is 1.93. The van der Waals surface area contributed by atoms with Gasteiger partial charge in [-0.25, -0.2) is 12.7 Å². The summed E-state index contributed by atoms with van der Waals surface area (Å²) < 4.78 is 26.1. The molecular formula is C18H35N3O3S. The Hall–Kier alpha value is -0.660. The first-order chi connectivity index (χ1) is 11.8. The molecule has 1 heterocycles. The van der Waals surface area contributed by atoms with Gasteiger partial charge in [0.15, 0.2) is 0 Å². The quantitative estimate of drug-likeness (QED) is 0.739. The molecule has 1 saturated carbocycles. The van der Waals surface area contributed by atoms with Crippen LogP contribution in [-0.2, 0) is 14.8 Å². The smallest absolute Gasteiger partial charge is 0.224 e. The van der Waals surface area contributed by atoms with Gasteiger partial charge < -0.3 is 10.2 Å². The minimum absolute atomic E-state index is 0.0168. The molecule has 1 atom stereocenters. The van der Waals surface area contributed by atoms with Crippen molar-refractivity contribution in [1.82, 2.24) is 14.5 Å². The molecular weight excluding hydrogens is 338 g/mol. The van der Waals surface area contributed by atoms with E-state index in [2.05, 4.69) is 24.3 Å². The first-order valence-corrected chi connectivity index (χ1v) is 11.3. The average Bonchev–Trinajstić information content (AvgIpc) is 2.60. The number of nitrogens with zero attached hydrogens (tertiary/aromatic N) is 2. The van der Waals surface area contributed by atoms with Crippen molar-refractivity contribution in [2.75, 3.05) is 39.5 Å². The Kier molecular flexibility index (Phi) is 7.29. The monoisotopic (exact) mass is 373 g/mol. The van der Waals surface area contributed by atoms with Crippen molar-refractivity contribution in [3.05, 3.63) is 0 Å². The van der Waals surface area contributed by atoms with Crippen LogP contribution in [0.4, 0.5) is 0 Å². The zero-order valence-electron chi connectivity index (χ0n) is 16.1. The Labute approximate surface area is 153 Å². The van der Waals surface area contributed by atoms with E-state index in [0.717, 1.165) is 25.7 Å². The Morgan fingerprint density at radius 1 is 1.20 bits per heavy atom. The van der Waals surface area contributed by atoms with Gasteiger partial charge in [-0.2, -0.15) is 0 Å². The predicted molar refractivity (Wildman–Crippen MR) is 101 cm³/mol. The summed E-state index contributed by atoms with van der Waals surface area (Å²) in [6.45, 7) is 3.42. The Morgan fingerprint density at radius 2 is 1.88 bits per heavy atom. The van der Waals surface area contributed by atoms with Crippen molar-refractivity contribution in [2.24, 2.45) is 5.92 Å². The van der Waals surface area contributed by atoms with E-state index in [1.165, 1.54) is 23.6 Å². The lowest BCUT2D eigenvalue weighted by Crippen LogP contribution is -2.55. The van der Waals surface area contributed by atoms with Crippen LogP contribution in [0.3, 0.4) is 0 Å². The van der Waals surface area contributed by atoms with Crippen LogP contribution in [0.2, 0.25) is 0 Å². The molecule has 6 nitrogen and oxygen atoms in total. The summed E-state index contributed by atoms with van der Waals surface area (Å²) in [5, 5.41) is 3.15. The topological polar surface area (TPSA) is 69.7 Å². The maximum atomic E-state index is 12.7. The zero-order valence-corrected chi connectivity index (χ0v) is 16.9. The number of piperidine rings is 1. The highest BCUT2D eigenvalue weighted by Crippen LogP contribution is 2.31. The molecule has 1 amide bonds. The fourth-order valence-electron chi connectivity index (χ4n) is 4.18. The molecule has 2 rings (SSSR count). The molecule has 0 bridgehead atoms. The van der Waals surface area contributed by atoms with Crippen LogP contribution in [0.25, 0.3) is 0 Å². The van der Waals surface area contributed by atoms with Crippen molar-refractivity contribution >= 4 is 15.9 Å². The summed E-state index contributed by atoms with van der Waals surface area (Å²) in [5.74, 6) is -0.0307. The van der Waals surface area contributed by atoms with E-state index in [-0.39, 0.29) is 23.1 Å². The van der Waals surface area contributed by atoms with Crippen LogP contribution in [0, 0.1) is 5.92 Å². The number of hydrogen-bond acceptors (Lipinski definition) is 4. The molecule has 0 radical (unpaired) electrons. The van der Waals surface area contributed by atoms with Crippen molar-refractivity contribution in [3.8, 4) is 0 Å². The molecule has 1 N–H and O–H groups in total. The van der Waals surface area contributed by atoms with E-state index in [0.29, 0.717) is 26.1 Å². The van der Waals surface area contributed by atoms with Gasteiger partial charge in [0, 0.05) is 25.2 Å². The van der Waals surface area contributed by atoms with Crippen LogP contribution in [0.5, 0.6) is 0 Å². The van der Waals surface area contributed by atoms with Gasteiger partial charge in [0.1, 0.15) is 0 Å². The second kappa shape index (κ2) is 8.82. The van der Waals surface area contributed by atoms with Gasteiger partial charge in [0.05, 0.1) is 11.7 Å². The molecule has 1 aliphatic heterocycles. The standard InChI is InChI=1S/C18H35N3O3S/c1-4-13-25(23,24)21-12-8-9-16(14-21)17(22)19-15-18(20(2)3)10-6-5-7-11-18/h16H,4-15H2,1-3H3,(H,19,22)/t16-/m1/s1. The van der Waals surface area contributed by atoms with E-state index in [9.17, 15) is 13.2 Å². The van der Waals surface area contributed by atoms with Crippen LogP contribution in [0.1, 0.15) is 58.3 Å². The highest BCUT2D eigenvalue weighted by molar-refractivity contribution is 7.89. The SMILES string of the molecule is CCCS(=O)(=O)N1CCC[C@@H](C(=O)NCC2(N(C)C)CCCCC2)C1. The van der Waals surface area contributed by atoms with E-state index in [1.54, 1.807) is 0 Å². The second-order valence-electron chi connectivity index (χ2n) is 7.91. The van der Waals surface area contributed by atoms with Crippen molar-refractivity contribution < 1.29 is 13.2 Å².